The lowest BCUT2D eigenvalue weighted by atomic mass is 10.1. The number of fused-ring (bicyclic) bond motifs is 1. The third-order valence-corrected chi connectivity index (χ3v) is 4.72. The number of hydrogen-bond donors (Lipinski definition) is 1. The second-order valence-corrected chi connectivity index (χ2v) is 7.04. The molecule has 6 nitrogen and oxygen atoms in total. The first-order chi connectivity index (χ1) is 14.0. The lowest BCUT2D eigenvalue weighted by molar-refractivity contribution is -0.137. The van der Waals surface area contributed by atoms with Gasteiger partial charge in [0, 0.05) is 38.1 Å². The first-order valence-electron chi connectivity index (χ1n) is 9.58. The summed E-state index contributed by atoms with van der Waals surface area (Å²) in [5.74, 6) is 0.0297. The molecule has 3 rings (SSSR count). The minimum atomic E-state index is -0.572. The average molecular weight is 400 g/mol. The van der Waals surface area contributed by atoms with Gasteiger partial charge in [-0.3, -0.25) is 9.59 Å². The molecular formula is C22H25FN2O4. The standard InChI is InChI=1S/C22H25FN2O4/c1-15-22(27)25(10-3-11-28-2)14-17-13-19(8-9-20(17)29-15)24-21(26)12-16-4-6-18(23)7-5-16/h4-9,13,15H,3,10-12,14H2,1-2H3,(H,24,26). The molecule has 2 aromatic rings. The van der Waals surface area contributed by atoms with Crippen molar-refractivity contribution in [2.75, 3.05) is 25.6 Å². The number of rotatable bonds is 7. The van der Waals surface area contributed by atoms with Gasteiger partial charge in [0.25, 0.3) is 5.91 Å². The molecule has 0 saturated heterocycles. The zero-order valence-corrected chi connectivity index (χ0v) is 16.6. The van der Waals surface area contributed by atoms with Crippen LogP contribution in [-0.2, 0) is 27.3 Å². The number of amides is 2. The molecule has 1 unspecified atom stereocenters. The van der Waals surface area contributed by atoms with E-state index in [1.54, 1.807) is 43.2 Å². The van der Waals surface area contributed by atoms with Gasteiger partial charge in [-0.05, 0) is 49.2 Å². The quantitative estimate of drug-likeness (QED) is 0.725. The summed E-state index contributed by atoms with van der Waals surface area (Å²) in [6.07, 6.45) is 0.308. The molecule has 0 radical (unpaired) electrons. The number of nitrogens with one attached hydrogen (secondary N) is 1. The van der Waals surface area contributed by atoms with Crippen LogP contribution in [0.15, 0.2) is 42.5 Å². The highest BCUT2D eigenvalue weighted by Gasteiger charge is 2.27. The molecule has 2 aromatic carbocycles. The molecule has 0 aromatic heterocycles. The Kier molecular flexibility index (Phi) is 6.82. The van der Waals surface area contributed by atoms with Gasteiger partial charge in [0.15, 0.2) is 6.10 Å². The first kappa shape index (κ1) is 20.8. The molecule has 1 heterocycles. The maximum atomic E-state index is 13.0. The van der Waals surface area contributed by atoms with Gasteiger partial charge in [0.05, 0.1) is 6.42 Å². The van der Waals surface area contributed by atoms with Gasteiger partial charge in [0.2, 0.25) is 5.91 Å². The summed E-state index contributed by atoms with van der Waals surface area (Å²) in [7, 11) is 1.63. The van der Waals surface area contributed by atoms with Gasteiger partial charge in [-0.25, -0.2) is 4.39 Å². The summed E-state index contributed by atoms with van der Waals surface area (Å²) in [6.45, 7) is 3.29. The molecule has 29 heavy (non-hydrogen) atoms. The van der Waals surface area contributed by atoms with Crippen molar-refractivity contribution in [1.29, 1.82) is 0 Å². The molecule has 0 fully saturated rings. The number of carbonyl (C=O) groups excluding carboxylic acids is 2. The van der Waals surface area contributed by atoms with Crippen molar-refractivity contribution in [2.45, 2.75) is 32.4 Å². The van der Waals surface area contributed by atoms with E-state index in [0.717, 1.165) is 17.5 Å². The van der Waals surface area contributed by atoms with Crippen LogP contribution in [0, 0.1) is 5.82 Å². The van der Waals surface area contributed by atoms with Crippen molar-refractivity contribution in [3.05, 3.63) is 59.4 Å². The lowest BCUT2D eigenvalue weighted by Crippen LogP contribution is -2.38. The fraction of sp³-hybridized carbons (Fsp3) is 0.364. The molecule has 2 amide bonds. The highest BCUT2D eigenvalue weighted by Crippen LogP contribution is 2.28. The van der Waals surface area contributed by atoms with Gasteiger partial charge >= 0.3 is 0 Å². The monoisotopic (exact) mass is 400 g/mol. The minimum Gasteiger partial charge on any atom is -0.481 e. The Morgan fingerprint density at radius 1 is 1.28 bits per heavy atom. The Hall–Kier alpha value is -2.93. The zero-order valence-electron chi connectivity index (χ0n) is 16.6. The SMILES string of the molecule is COCCCN1Cc2cc(NC(=O)Cc3ccc(F)cc3)ccc2OC(C)C1=O. The fourth-order valence-electron chi connectivity index (χ4n) is 3.26. The molecule has 1 aliphatic heterocycles. The predicted molar refractivity (Wildman–Crippen MR) is 107 cm³/mol. The summed E-state index contributed by atoms with van der Waals surface area (Å²) >= 11 is 0. The van der Waals surface area contributed by atoms with Crippen LogP contribution in [0.25, 0.3) is 0 Å². The van der Waals surface area contributed by atoms with E-state index >= 15 is 0 Å². The van der Waals surface area contributed by atoms with Gasteiger partial charge in [-0.1, -0.05) is 12.1 Å². The third-order valence-electron chi connectivity index (χ3n) is 4.72. The van der Waals surface area contributed by atoms with Crippen molar-refractivity contribution >= 4 is 17.5 Å². The fourth-order valence-corrected chi connectivity index (χ4v) is 3.26. The highest BCUT2D eigenvalue weighted by atomic mass is 19.1. The van der Waals surface area contributed by atoms with Crippen molar-refractivity contribution in [1.82, 2.24) is 4.90 Å². The van der Waals surface area contributed by atoms with Crippen LogP contribution in [0.2, 0.25) is 0 Å². The topological polar surface area (TPSA) is 67.9 Å². The Morgan fingerprint density at radius 3 is 2.76 bits per heavy atom. The van der Waals surface area contributed by atoms with Crippen molar-refractivity contribution in [3.8, 4) is 5.75 Å². The van der Waals surface area contributed by atoms with E-state index in [-0.39, 0.29) is 24.1 Å². The van der Waals surface area contributed by atoms with Gasteiger partial charge in [-0.15, -0.1) is 0 Å². The number of benzene rings is 2. The average Bonchev–Trinajstić information content (AvgIpc) is 2.81. The van der Waals surface area contributed by atoms with Crippen LogP contribution in [0.4, 0.5) is 10.1 Å². The van der Waals surface area contributed by atoms with Crippen LogP contribution in [0.1, 0.15) is 24.5 Å². The molecule has 1 aliphatic rings. The molecule has 154 valence electrons. The second-order valence-electron chi connectivity index (χ2n) is 7.04. The van der Waals surface area contributed by atoms with E-state index in [1.807, 2.05) is 6.07 Å². The first-order valence-corrected chi connectivity index (χ1v) is 9.58. The Morgan fingerprint density at radius 2 is 2.03 bits per heavy atom. The Balaban J connectivity index is 1.70. The van der Waals surface area contributed by atoms with Crippen molar-refractivity contribution in [3.63, 3.8) is 0 Å². The van der Waals surface area contributed by atoms with E-state index < -0.39 is 6.10 Å². The van der Waals surface area contributed by atoms with Crippen LogP contribution in [0.3, 0.4) is 0 Å². The molecule has 0 saturated carbocycles. The summed E-state index contributed by atoms with van der Waals surface area (Å²) in [5.41, 5.74) is 2.18. The molecule has 0 spiro atoms. The Bertz CT molecular complexity index is 870. The maximum absolute atomic E-state index is 13.0. The Labute approximate surface area is 169 Å². The third kappa shape index (κ3) is 5.54. The van der Waals surface area contributed by atoms with Crippen LogP contribution in [-0.4, -0.2) is 43.1 Å². The molecule has 0 aliphatic carbocycles. The number of nitrogens with zero attached hydrogens (tertiary/aromatic N) is 1. The van der Waals surface area contributed by atoms with Crippen molar-refractivity contribution < 1.29 is 23.5 Å². The number of anilines is 1. The zero-order chi connectivity index (χ0) is 20.8. The molecule has 0 bridgehead atoms. The highest BCUT2D eigenvalue weighted by molar-refractivity contribution is 5.92. The maximum Gasteiger partial charge on any atom is 0.263 e. The normalized spacial score (nSPS) is 16.0. The van der Waals surface area contributed by atoms with Gasteiger partial charge < -0.3 is 19.7 Å². The predicted octanol–water partition coefficient (Wildman–Crippen LogP) is 3.15. The lowest BCUT2D eigenvalue weighted by Gasteiger charge is -2.22. The summed E-state index contributed by atoms with van der Waals surface area (Å²) in [6, 6.07) is 11.2. The van der Waals surface area contributed by atoms with Crippen molar-refractivity contribution in [2.24, 2.45) is 0 Å². The number of ether oxygens (including phenoxy) is 2. The van der Waals surface area contributed by atoms with Crippen LogP contribution in [0.5, 0.6) is 5.75 Å². The molecular weight excluding hydrogens is 375 g/mol. The smallest absolute Gasteiger partial charge is 0.263 e. The van der Waals surface area contributed by atoms with Gasteiger partial charge in [-0.2, -0.15) is 0 Å². The number of hydrogen-bond acceptors (Lipinski definition) is 4. The van der Waals surface area contributed by atoms with Gasteiger partial charge in [0.1, 0.15) is 11.6 Å². The van der Waals surface area contributed by atoms with E-state index in [4.69, 9.17) is 9.47 Å². The van der Waals surface area contributed by atoms with E-state index in [1.165, 1.54) is 12.1 Å². The molecule has 7 heteroatoms. The summed E-state index contributed by atoms with van der Waals surface area (Å²) < 4.78 is 23.9. The number of carbonyl (C=O) groups is 2. The summed E-state index contributed by atoms with van der Waals surface area (Å²) in [5, 5.41) is 2.85. The summed E-state index contributed by atoms with van der Waals surface area (Å²) in [4.78, 5) is 26.6. The van der Waals surface area contributed by atoms with Crippen LogP contribution < -0.4 is 10.1 Å². The van der Waals surface area contributed by atoms with E-state index in [2.05, 4.69) is 5.32 Å². The van der Waals surface area contributed by atoms with E-state index in [9.17, 15) is 14.0 Å². The largest absolute Gasteiger partial charge is 0.481 e. The number of halogens is 1. The minimum absolute atomic E-state index is 0.0702. The van der Waals surface area contributed by atoms with E-state index in [0.29, 0.717) is 31.1 Å². The number of methoxy groups -OCH3 is 1. The molecule has 1 N–H and O–H groups in total. The van der Waals surface area contributed by atoms with Crippen LogP contribution >= 0.6 is 0 Å². The molecule has 1 atom stereocenters. The second kappa shape index (κ2) is 9.52.